The van der Waals surface area contributed by atoms with Crippen molar-refractivity contribution in [1.29, 1.82) is 0 Å². The molecule has 0 saturated carbocycles. The van der Waals surface area contributed by atoms with Gasteiger partial charge in [0.05, 0.1) is 0 Å². The zero-order chi connectivity index (χ0) is 9.23. The Morgan fingerprint density at radius 2 is 1.67 bits per heavy atom. The molecule has 0 heterocycles. The first kappa shape index (κ1) is 12.1. The molecule has 0 rings (SSSR count). The topological polar surface area (TPSA) is 0 Å². The molecule has 0 spiro atoms. The van der Waals surface area contributed by atoms with Gasteiger partial charge in [0.1, 0.15) is 0 Å². The summed E-state index contributed by atoms with van der Waals surface area (Å²) in [5.41, 5.74) is 0. The molecule has 0 aliphatic carbocycles. The molecule has 0 unspecified atom stereocenters. The van der Waals surface area contributed by atoms with E-state index in [2.05, 4.69) is 19.8 Å². The summed E-state index contributed by atoms with van der Waals surface area (Å²) in [5.74, 6) is 0. The average Bonchev–Trinajstić information content (AvgIpc) is 2.10. The molecule has 0 aliphatic rings. The standard InChI is InChI=1S/C11H22S/c1-4-5-6-7-8-9-10-11(2)12-3/h2,4-10H2,1,3H3. The fourth-order valence-corrected chi connectivity index (χ4v) is 1.55. The normalized spacial score (nSPS) is 10.2. The van der Waals surface area contributed by atoms with Crippen molar-refractivity contribution < 1.29 is 0 Å². The van der Waals surface area contributed by atoms with Crippen LogP contribution in [0.4, 0.5) is 0 Å². The minimum Gasteiger partial charge on any atom is -0.135 e. The van der Waals surface area contributed by atoms with Gasteiger partial charge in [0.25, 0.3) is 0 Å². The summed E-state index contributed by atoms with van der Waals surface area (Å²) in [6, 6.07) is 0. The largest absolute Gasteiger partial charge is 0.135 e. The van der Waals surface area contributed by atoms with Gasteiger partial charge in [-0.3, -0.25) is 0 Å². The summed E-state index contributed by atoms with van der Waals surface area (Å²) in [4.78, 5) is 1.34. The van der Waals surface area contributed by atoms with Gasteiger partial charge in [0.2, 0.25) is 0 Å². The Morgan fingerprint density at radius 3 is 2.25 bits per heavy atom. The van der Waals surface area contributed by atoms with Crippen molar-refractivity contribution in [2.75, 3.05) is 6.26 Å². The molecule has 1 heteroatoms. The molecule has 72 valence electrons. The van der Waals surface area contributed by atoms with E-state index in [9.17, 15) is 0 Å². The van der Waals surface area contributed by atoms with E-state index in [1.807, 2.05) is 0 Å². The first-order valence-corrected chi connectivity index (χ1v) is 6.25. The quantitative estimate of drug-likeness (QED) is 0.499. The van der Waals surface area contributed by atoms with Crippen LogP contribution in [0.15, 0.2) is 11.5 Å². The van der Waals surface area contributed by atoms with E-state index in [0.29, 0.717) is 0 Å². The summed E-state index contributed by atoms with van der Waals surface area (Å²) in [7, 11) is 0. The lowest BCUT2D eigenvalue weighted by molar-refractivity contribution is 0.610. The van der Waals surface area contributed by atoms with Crippen LogP contribution in [-0.2, 0) is 0 Å². The lowest BCUT2D eigenvalue weighted by Crippen LogP contribution is -1.80. The van der Waals surface area contributed by atoms with Crippen molar-refractivity contribution in [3.8, 4) is 0 Å². The van der Waals surface area contributed by atoms with Crippen molar-refractivity contribution in [3.05, 3.63) is 11.5 Å². The third kappa shape index (κ3) is 8.19. The molecule has 0 atom stereocenters. The average molecular weight is 186 g/mol. The maximum absolute atomic E-state index is 3.97. The van der Waals surface area contributed by atoms with Crippen LogP contribution < -0.4 is 0 Å². The van der Waals surface area contributed by atoms with E-state index in [4.69, 9.17) is 0 Å². The molecule has 0 nitrogen and oxygen atoms in total. The molecular weight excluding hydrogens is 164 g/mol. The van der Waals surface area contributed by atoms with E-state index >= 15 is 0 Å². The van der Waals surface area contributed by atoms with E-state index < -0.39 is 0 Å². The Morgan fingerprint density at radius 1 is 1.08 bits per heavy atom. The number of rotatable bonds is 8. The van der Waals surface area contributed by atoms with Crippen LogP contribution in [0.2, 0.25) is 0 Å². The Labute approximate surface area is 81.8 Å². The molecule has 0 fully saturated rings. The number of thioether (sulfide) groups is 1. The van der Waals surface area contributed by atoms with Crippen LogP contribution in [0.5, 0.6) is 0 Å². The van der Waals surface area contributed by atoms with Gasteiger partial charge in [-0.1, -0.05) is 45.6 Å². The summed E-state index contributed by atoms with van der Waals surface area (Å²) >= 11 is 1.80. The molecule has 0 radical (unpaired) electrons. The van der Waals surface area contributed by atoms with Gasteiger partial charge >= 0.3 is 0 Å². The SMILES string of the molecule is C=C(CCCCCCCC)SC. The Hall–Kier alpha value is 0.0900. The highest BCUT2D eigenvalue weighted by atomic mass is 32.2. The van der Waals surface area contributed by atoms with Gasteiger partial charge in [-0.15, -0.1) is 11.8 Å². The summed E-state index contributed by atoms with van der Waals surface area (Å²) in [6.07, 6.45) is 11.6. The van der Waals surface area contributed by atoms with E-state index in [1.54, 1.807) is 11.8 Å². The fourth-order valence-electron chi connectivity index (χ4n) is 1.20. The minimum atomic E-state index is 1.22. The van der Waals surface area contributed by atoms with E-state index in [-0.39, 0.29) is 0 Å². The van der Waals surface area contributed by atoms with Crippen molar-refractivity contribution in [2.24, 2.45) is 0 Å². The number of hydrogen-bond donors (Lipinski definition) is 0. The maximum Gasteiger partial charge on any atom is -0.0140 e. The predicted octanol–water partition coefficient (Wildman–Crippen LogP) is 4.61. The lowest BCUT2D eigenvalue weighted by atomic mass is 10.1. The van der Waals surface area contributed by atoms with Crippen molar-refractivity contribution in [1.82, 2.24) is 0 Å². The lowest BCUT2D eigenvalue weighted by Gasteiger charge is -2.01. The second kappa shape index (κ2) is 9.18. The highest BCUT2D eigenvalue weighted by molar-refractivity contribution is 8.02. The van der Waals surface area contributed by atoms with Crippen LogP contribution in [-0.4, -0.2) is 6.26 Å². The van der Waals surface area contributed by atoms with Crippen LogP contribution in [0.25, 0.3) is 0 Å². The highest BCUT2D eigenvalue weighted by Crippen LogP contribution is 2.17. The third-order valence-corrected chi connectivity index (χ3v) is 2.88. The monoisotopic (exact) mass is 186 g/mol. The second-order valence-corrected chi connectivity index (χ2v) is 4.25. The fraction of sp³-hybridized carbons (Fsp3) is 0.818. The first-order valence-electron chi connectivity index (χ1n) is 5.03. The Balaban J connectivity index is 2.95. The van der Waals surface area contributed by atoms with Gasteiger partial charge in [0, 0.05) is 0 Å². The zero-order valence-corrected chi connectivity index (χ0v) is 9.38. The molecule has 0 N–H and O–H groups in total. The maximum atomic E-state index is 3.97. The van der Waals surface area contributed by atoms with Gasteiger partial charge in [-0.05, 0) is 24.0 Å². The highest BCUT2D eigenvalue weighted by Gasteiger charge is 1.92. The molecule has 0 aromatic rings. The van der Waals surface area contributed by atoms with Crippen LogP contribution >= 0.6 is 11.8 Å². The van der Waals surface area contributed by atoms with Crippen molar-refractivity contribution in [3.63, 3.8) is 0 Å². The van der Waals surface area contributed by atoms with E-state index in [0.717, 1.165) is 0 Å². The molecule has 0 aromatic heterocycles. The molecule has 0 bridgehead atoms. The molecule has 0 aromatic carbocycles. The van der Waals surface area contributed by atoms with Crippen LogP contribution in [0.1, 0.15) is 51.9 Å². The third-order valence-electron chi connectivity index (χ3n) is 2.10. The van der Waals surface area contributed by atoms with Crippen molar-refractivity contribution >= 4 is 11.8 Å². The molecule has 0 amide bonds. The number of hydrogen-bond acceptors (Lipinski definition) is 1. The zero-order valence-electron chi connectivity index (χ0n) is 8.57. The molecule has 0 saturated heterocycles. The van der Waals surface area contributed by atoms with Crippen LogP contribution in [0.3, 0.4) is 0 Å². The molecule has 0 aliphatic heterocycles. The summed E-state index contributed by atoms with van der Waals surface area (Å²) < 4.78 is 0. The second-order valence-electron chi connectivity index (χ2n) is 3.26. The smallest absolute Gasteiger partial charge is 0.0140 e. The minimum absolute atomic E-state index is 1.22. The predicted molar refractivity (Wildman–Crippen MR) is 60.6 cm³/mol. The van der Waals surface area contributed by atoms with E-state index in [1.165, 1.54) is 49.9 Å². The van der Waals surface area contributed by atoms with Gasteiger partial charge in [0.15, 0.2) is 0 Å². The van der Waals surface area contributed by atoms with Crippen LogP contribution in [0, 0.1) is 0 Å². The van der Waals surface area contributed by atoms with Gasteiger partial charge in [-0.2, -0.15) is 0 Å². The summed E-state index contributed by atoms with van der Waals surface area (Å²) in [6.45, 7) is 6.23. The number of unbranched alkanes of at least 4 members (excludes halogenated alkanes) is 5. The number of allylic oxidation sites excluding steroid dienone is 1. The Bertz CT molecular complexity index is 108. The first-order chi connectivity index (χ1) is 5.81. The molecule has 12 heavy (non-hydrogen) atoms. The summed E-state index contributed by atoms with van der Waals surface area (Å²) in [5, 5.41) is 0. The Kier molecular flexibility index (Phi) is 9.25. The van der Waals surface area contributed by atoms with Gasteiger partial charge in [-0.25, -0.2) is 0 Å². The van der Waals surface area contributed by atoms with Crippen molar-refractivity contribution in [2.45, 2.75) is 51.9 Å². The van der Waals surface area contributed by atoms with Gasteiger partial charge < -0.3 is 0 Å². The molecular formula is C11H22S.